The lowest BCUT2D eigenvalue weighted by molar-refractivity contribution is 0.860. The van der Waals surface area contributed by atoms with Gasteiger partial charge in [0.25, 0.3) is 0 Å². The molecule has 0 aliphatic rings. The lowest BCUT2D eigenvalue weighted by Gasteiger charge is -2.17. The van der Waals surface area contributed by atoms with E-state index in [9.17, 15) is 0 Å². The Morgan fingerprint density at radius 2 is 2.33 bits per heavy atom. The van der Waals surface area contributed by atoms with Gasteiger partial charge in [0.05, 0.1) is 6.54 Å². The van der Waals surface area contributed by atoms with E-state index in [-0.39, 0.29) is 0 Å². The Bertz CT molecular complexity index is 425. The third-order valence-electron chi connectivity index (χ3n) is 2.19. The number of imidazole rings is 1. The van der Waals surface area contributed by atoms with Crippen molar-refractivity contribution in [2.24, 2.45) is 0 Å². The Morgan fingerprint density at radius 3 is 3.00 bits per heavy atom. The van der Waals surface area contributed by atoms with Gasteiger partial charge in [0.15, 0.2) is 0 Å². The topological polar surface area (TPSA) is 31.9 Å². The number of rotatable bonds is 3. The van der Waals surface area contributed by atoms with E-state index in [1.54, 1.807) is 6.20 Å². The van der Waals surface area contributed by atoms with E-state index in [2.05, 4.69) is 14.9 Å². The van der Waals surface area contributed by atoms with E-state index >= 15 is 0 Å². The standard InChI is InChI=1S/C11H12ClN3/c1-15(8-11-13-5-6-14-11)10-4-2-3-9(12)7-10/h2-7H,8H2,1H3,(H,13,14). The third-order valence-corrected chi connectivity index (χ3v) is 2.43. The number of hydrogen-bond donors (Lipinski definition) is 1. The molecule has 1 aromatic carbocycles. The molecule has 78 valence electrons. The van der Waals surface area contributed by atoms with Gasteiger partial charge in [-0.15, -0.1) is 0 Å². The number of nitrogens with zero attached hydrogens (tertiary/aromatic N) is 2. The first kappa shape index (κ1) is 10.1. The van der Waals surface area contributed by atoms with Gasteiger partial charge in [-0.25, -0.2) is 4.98 Å². The highest BCUT2D eigenvalue weighted by molar-refractivity contribution is 6.30. The summed E-state index contributed by atoms with van der Waals surface area (Å²) in [4.78, 5) is 9.33. The fourth-order valence-electron chi connectivity index (χ4n) is 1.41. The molecular formula is C11H12ClN3. The van der Waals surface area contributed by atoms with Crippen LogP contribution in [0.5, 0.6) is 0 Å². The Kier molecular flexibility index (Phi) is 2.92. The molecule has 0 amide bonds. The van der Waals surface area contributed by atoms with Crippen LogP contribution in [0, 0.1) is 0 Å². The van der Waals surface area contributed by atoms with E-state index in [0.717, 1.165) is 23.1 Å². The number of H-pyrrole nitrogens is 1. The highest BCUT2D eigenvalue weighted by Crippen LogP contribution is 2.19. The van der Waals surface area contributed by atoms with E-state index in [4.69, 9.17) is 11.6 Å². The summed E-state index contributed by atoms with van der Waals surface area (Å²) in [7, 11) is 2.01. The number of hydrogen-bond acceptors (Lipinski definition) is 2. The van der Waals surface area contributed by atoms with Crippen LogP contribution in [0.2, 0.25) is 5.02 Å². The van der Waals surface area contributed by atoms with Crippen molar-refractivity contribution in [3.8, 4) is 0 Å². The van der Waals surface area contributed by atoms with Crippen molar-refractivity contribution in [3.05, 3.63) is 47.5 Å². The summed E-state index contributed by atoms with van der Waals surface area (Å²) in [6, 6.07) is 7.77. The lowest BCUT2D eigenvalue weighted by Crippen LogP contribution is -2.17. The molecule has 4 heteroatoms. The molecule has 0 saturated carbocycles. The summed E-state index contributed by atoms with van der Waals surface area (Å²) in [5, 5.41) is 0.749. The van der Waals surface area contributed by atoms with E-state index in [1.807, 2.05) is 37.5 Å². The maximum Gasteiger partial charge on any atom is 0.125 e. The van der Waals surface area contributed by atoms with Gasteiger partial charge in [-0.05, 0) is 18.2 Å². The molecule has 0 aliphatic heterocycles. The first-order chi connectivity index (χ1) is 7.25. The smallest absolute Gasteiger partial charge is 0.125 e. The van der Waals surface area contributed by atoms with Gasteiger partial charge in [0.1, 0.15) is 5.82 Å². The molecule has 15 heavy (non-hydrogen) atoms. The summed E-state index contributed by atoms with van der Waals surface area (Å²) >= 11 is 5.92. The summed E-state index contributed by atoms with van der Waals surface area (Å²) in [6.45, 7) is 0.743. The number of anilines is 1. The molecule has 2 rings (SSSR count). The zero-order valence-corrected chi connectivity index (χ0v) is 9.20. The van der Waals surface area contributed by atoms with Gasteiger partial charge in [-0.1, -0.05) is 17.7 Å². The van der Waals surface area contributed by atoms with Crippen molar-refractivity contribution < 1.29 is 0 Å². The monoisotopic (exact) mass is 221 g/mol. The molecule has 1 N–H and O–H groups in total. The highest BCUT2D eigenvalue weighted by atomic mass is 35.5. The quantitative estimate of drug-likeness (QED) is 0.864. The van der Waals surface area contributed by atoms with Gasteiger partial charge in [-0.3, -0.25) is 0 Å². The molecule has 1 aromatic heterocycles. The second-order valence-electron chi connectivity index (χ2n) is 3.37. The van der Waals surface area contributed by atoms with Crippen LogP contribution in [-0.2, 0) is 6.54 Å². The molecule has 0 unspecified atom stereocenters. The van der Waals surface area contributed by atoms with Gasteiger partial charge < -0.3 is 9.88 Å². The van der Waals surface area contributed by atoms with Crippen LogP contribution < -0.4 is 4.90 Å². The molecule has 2 aromatic rings. The molecule has 0 bridgehead atoms. The average Bonchev–Trinajstić information content (AvgIpc) is 2.70. The molecule has 0 spiro atoms. The van der Waals surface area contributed by atoms with Crippen molar-refractivity contribution in [1.29, 1.82) is 0 Å². The number of halogens is 1. The first-order valence-electron chi connectivity index (χ1n) is 4.70. The number of nitrogens with one attached hydrogen (secondary N) is 1. The predicted octanol–water partition coefficient (Wildman–Crippen LogP) is 2.70. The lowest BCUT2D eigenvalue weighted by atomic mass is 10.3. The number of aromatic nitrogens is 2. The van der Waals surface area contributed by atoms with Crippen molar-refractivity contribution in [2.75, 3.05) is 11.9 Å². The van der Waals surface area contributed by atoms with Crippen molar-refractivity contribution >= 4 is 17.3 Å². The normalized spacial score (nSPS) is 10.3. The fraction of sp³-hybridized carbons (Fsp3) is 0.182. The van der Waals surface area contributed by atoms with Crippen LogP contribution in [-0.4, -0.2) is 17.0 Å². The SMILES string of the molecule is CN(Cc1ncc[nH]1)c1cccc(Cl)c1. The number of benzene rings is 1. The maximum atomic E-state index is 5.92. The zero-order chi connectivity index (χ0) is 10.7. The van der Waals surface area contributed by atoms with Crippen LogP contribution in [0.4, 0.5) is 5.69 Å². The average molecular weight is 222 g/mol. The largest absolute Gasteiger partial charge is 0.367 e. The summed E-state index contributed by atoms with van der Waals surface area (Å²) in [5.74, 6) is 0.942. The zero-order valence-electron chi connectivity index (χ0n) is 8.44. The van der Waals surface area contributed by atoms with Gasteiger partial charge in [-0.2, -0.15) is 0 Å². The van der Waals surface area contributed by atoms with Crippen LogP contribution in [0.15, 0.2) is 36.7 Å². The minimum Gasteiger partial charge on any atom is -0.367 e. The molecule has 3 nitrogen and oxygen atoms in total. The molecule has 0 fully saturated rings. The van der Waals surface area contributed by atoms with Crippen LogP contribution in [0.25, 0.3) is 0 Å². The predicted molar refractivity (Wildman–Crippen MR) is 62.1 cm³/mol. The van der Waals surface area contributed by atoms with Gasteiger partial charge >= 0.3 is 0 Å². The summed E-state index contributed by atoms with van der Waals surface area (Å²) < 4.78 is 0. The Hall–Kier alpha value is -1.48. The fourth-order valence-corrected chi connectivity index (χ4v) is 1.60. The first-order valence-corrected chi connectivity index (χ1v) is 5.08. The molecule has 0 atom stereocenters. The third kappa shape index (κ3) is 2.50. The second kappa shape index (κ2) is 4.36. The Morgan fingerprint density at radius 1 is 1.47 bits per heavy atom. The van der Waals surface area contributed by atoms with Gasteiger partial charge in [0, 0.05) is 30.2 Å². The van der Waals surface area contributed by atoms with Crippen molar-refractivity contribution in [1.82, 2.24) is 9.97 Å². The van der Waals surface area contributed by atoms with Gasteiger partial charge in [0.2, 0.25) is 0 Å². The minimum absolute atomic E-state index is 0.743. The molecule has 0 saturated heterocycles. The molecule has 0 aliphatic carbocycles. The Labute approximate surface area is 93.7 Å². The van der Waals surface area contributed by atoms with Crippen LogP contribution in [0.1, 0.15) is 5.82 Å². The molecular weight excluding hydrogens is 210 g/mol. The van der Waals surface area contributed by atoms with Crippen molar-refractivity contribution in [2.45, 2.75) is 6.54 Å². The minimum atomic E-state index is 0.743. The van der Waals surface area contributed by atoms with Crippen LogP contribution >= 0.6 is 11.6 Å². The summed E-state index contributed by atoms with van der Waals surface area (Å²) in [6.07, 6.45) is 3.57. The summed E-state index contributed by atoms with van der Waals surface area (Å²) in [5.41, 5.74) is 1.08. The van der Waals surface area contributed by atoms with Crippen LogP contribution in [0.3, 0.4) is 0 Å². The number of aromatic amines is 1. The van der Waals surface area contributed by atoms with Crippen molar-refractivity contribution in [3.63, 3.8) is 0 Å². The van der Waals surface area contributed by atoms with E-state index < -0.39 is 0 Å². The Balaban J connectivity index is 2.11. The van der Waals surface area contributed by atoms with E-state index in [1.165, 1.54) is 0 Å². The highest BCUT2D eigenvalue weighted by Gasteiger charge is 2.03. The maximum absolute atomic E-state index is 5.92. The molecule has 0 radical (unpaired) electrons. The van der Waals surface area contributed by atoms with E-state index in [0.29, 0.717) is 0 Å². The molecule has 1 heterocycles. The second-order valence-corrected chi connectivity index (χ2v) is 3.81.